The smallest absolute Gasteiger partial charge is 0.227 e. The number of aromatic amines is 1. The average Bonchev–Trinajstić information content (AvgIpc) is 3.26. The van der Waals surface area contributed by atoms with Crippen LogP contribution in [-0.2, 0) is 4.79 Å². The largest absolute Gasteiger partial charge is 0.493 e. The van der Waals surface area contributed by atoms with Crippen molar-refractivity contribution < 1.29 is 14.3 Å². The number of nitrogens with one attached hydrogen (secondary N) is 1. The van der Waals surface area contributed by atoms with Gasteiger partial charge in [-0.3, -0.25) is 9.89 Å². The molecule has 0 radical (unpaired) electrons. The average molecular weight is 446 g/mol. The molecule has 0 atom stereocenters. The lowest BCUT2D eigenvalue weighted by Crippen LogP contribution is -2.46. The van der Waals surface area contributed by atoms with Crippen LogP contribution < -0.4 is 14.4 Å². The molecule has 1 fully saturated rings. The highest BCUT2D eigenvalue weighted by atomic mass is 16.5. The third-order valence-corrected chi connectivity index (χ3v) is 7.17. The summed E-state index contributed by atoms with van der Waals surface area (Å²) < 4.78 is 12.4. The van der Waals surface area contributed by atoms with Crippen LogP contribution >= 0.6 is 0 Å². The molecule has 1 aliphatic carbocycles. The van der Waals surface area contributed by atoms with Gasteiger partial charge in [-0.2, -0.15) is 5.10 Å². The molecule has 5 rings (SSSR count). The molecule has 1 N–H and O–H groups in total. The van der Waals surface area contributed by atoms with Crippen molar-refractivity contribution in [2.24, 2.45) is 5.41 Å². The summed E-state index contributed by atoms with van der Waals surface area (Å²) in [6, 6.07) is 12.1. The van der Waals surface area contributed by atoms with Gasteiger partial charge in [0.1, 0.15) is 5.75 Å². The number of ether oxygens (including phenoxy) is 2. The molecule has 0 saturated heterocycles. The fraction of sp³-hybridized carbons (Fsp3) is 0.407. The Labute approximate surface area is 194 Å². The zero-order chi connectivity index (χ0) is 22.8. The van der Waals surface area contributed by atoms with Crippen molar-refractivity contribution in [2.45, 2.75) is 46.0 Å². The second-order valence-corrected chi connectivity index (χ2v) is 9.41. The van der Waals surface area contributed by atoms with Crippen LogP contribution in [0, 0.1) is 19.3 Å². The lowest BCUT2D eigenvalue weighted by atomic mass is 9.69. The van der Waals surface area contributed by atoms with Crippen LogP contribution in [0.5, 0.6) is 11.5 Å². The first kappa shape index (κ1) is 21.6. The maximum atomic E-state index is 13.5. The van der Waals surface area contributed by atoms with Gasteiger partial charge in [-0.25, -0.2) is 0 Å². The molecule has 1 amide bonds. The van der Waals surface area contributed by atoms with E-state index in [4.69, 9.17) is 9.47 Å². The number of amides is 1. The van der Waals surface area contributed by atoms with Gasteiger partial charge in [-0.05, 0) is 56.4 Å². The topological polar surface area (TPSA) is 67.4 Å². The molecule has 33 heavy (non-hydrogen) atoms. The normalized spacial score (nSPS) is 16.5. The number of hydrogen-bond acceptors (Lipinski definition) is 4. The summed E-state index contributed by atoms with van der Waals surface area (Å²) in [5, 5.41) is 6.97. The summed E-state index contributed by atoms with van der Waals surface area (Å²) >= 11 is 0. The van der Waals surface area contributed by atoms with Crippen molar-refractivity contribution in [1.82, 2.24) is 10.2 Å². The summed E-state index contributed by atoms with van der Waals surface area (Å²) in [6.45, 7) is 6.03. The van der Waals surface area contributed by atoms with Crippen molar-refractivity contribution in [2.75, 3.05) is 24.7 Å². The molecular weight excluding hydrogens is 414 g/mol. The van der Waals surface area contributed by atoms with E-state index in [0.717, 1.165) is 46.7 Å². The molecule has 1 spiro atoms. The van der Waals surface area contributed by atoms with Crippen LogP contribution in [0.1, 0.15) is 43.2 Å². The minimum Gasteiger partial charge on any atom is -0.493 e. The van der Waals surface area contributed by atoms with E-state index in [2.05, 4.69) is 30.1 Å². The molecule has 1 aromatic heterocycles. The van der Waals surface area contributed by atoms with Crippen LogP contribution in [0.2, 0.25) is 0 Å². The second kappa shape index (κ2) is 8.93. The van der Waals surface area contributed by atoms with E-state index in [9.17, 15) is 4.79 Å². The van der Waals surface area contributed by atoms with Crippen LogP contribution in [0.25, 0.3) is 11.1 Å². The monoisotopic (exact) mass is 445 g/mol. The minimum absolute atomic E-state index is 0.0531. The number of anilines is 1. The van der Waals surface area contributed by atoms with E-state index in [1.165, 1.54) is 12.0 Å². The maximum absolute atomic E-state index is 13.5. The Morgan fingerprint density at radius 3 is 2.82 bits per heavy atom. The van der Waals surface area contributed by atoms with Gasteiger partial charge >= 0.3 is 0 Å². The van der Waals surface area contributed by atoms with Crippen LogP contribution in [0.3, 0.4) is 0 Å². The number of aromatic nitrogens is 2. The van der Waals surface area contributed by atoms with E-state index in [-0.39, 0.29) is 11.3 Å². The molecule has 1 aliphatic heterocycles. The maximum Gasteiger partial charge on any atom is 0.227 e. The number of fused-ring (bicyclic) bond motifs is 1. The minimum atomic E-state index is 0.0531. The zero-order valence-electron chi connectivity index (χ0n) is 19.4. The fourth-order valence-corrected chi connectivity index (χ4v) is 4.83. The standard InChI is InChI=1S/C27H31N3O3/c1-19-7-3-10-24(20(19)2)32-14-5-11-25(31)30-17-27(12-6-13-27)18-33-26-22(8-4-9-23(26)30)21-15-28-29-16-21/h3-4,7-10,15-16H,5-6,11-14,17-18H2,1-2H3,(H,28,29). The van der Waals surface area contributed by atoms with Crippen LogP contribution in [-0.4, -0.2) is 35.9 Å². The van der Waals surface area contributed by atoms with E-state index in [1.807, 2.05) is 41.4 Å². The number of carbonyl (C=O) groups excluding carboxylic acids is 1. The summed E-state index contributed by atoms with van der Waals surface area (Å²) in [6.07, 6.45) is 8.16. The lowest BCUT2D eigenvalue weighted by Gasteiger charge is -2.42. The Hall–Kier alpha value is -3.28. The SMILES string of the molecule is Cc1cccc(OCCCC(=O)N2CC3(CCC3)COc3c(-c4cn[nH]c4)cccc32)c1C. The highest BCUT2D eigenvalue weighted by Gasteiger charge is 2.43. The molecule has 2 aromatic carbocycles. The Bertz CT molecular complexity index is 1140. The van der Waals surface area contributed by atoms with E-state index < -0.39 is 0 Å². The van der Waals surface area contributed by atoms with Crippen molar-refractivity contribution in [3.63, 3.8) is 0 Å². The molecular formula is C27H31N3O3. The molecule has 2 heterocycles. The second-order valence-electron chi connectivity index (χ2n) is 9.41. The molecule has 6 heteroatoms. The first-order chi connectivity index (χ1) is 16.1. The molecule has 172 valence electrons. The first-order valence-corrected chi connectivity index (χ1v) is 11.8. The van der Waals surface area contributed by atoms with Gasteiger partial charge in [0.05, 0.1) is 25.1 Å². The van der Waals surface area contributed by atoms with Gasteiger partial charge in [0, 0.05) is 35.7 Å². The molecule has 6 nitrogen and oxygen atoms in total. The number of benzene rings is 2. The summed E-state index contributed by atoms with van der Waals surface area (Å²) in [4.78, 5) is 15.4. The Morgan fingerprint density at radius 1 is 1.21 bits per heavy atom. The van der Waals surface area contributed by atoms with E-state index >= 15 is 0 Å². The fourth-order valence-electron chi connectivity index (χ4n) is 4.83. The van der Waals surface area contributed by atoms with Gasteiger partial charge < -0.3 is 14.4 Å². The third-order valence-electron chi connectivity index (χ3n) is 7.17. The summed E-state index contributed by atoms with van der Waals surface area (Å²) in [7, 11) is 0. The predicted molar refractivity (Wildman–Crippen MR) is 129 cm³/mol. The molecule has 0 unspecified atom stereocenters. The third kappa shape index (κ3) is 4.22. The van der Waals surface area contributed by atoms with E-state index in [1.54, 1.807) is 6.20 Å². The quantitative estimate of drug-likeness (QED) is 0.513. The molecule has 3 aromatic rings. The number of para-hydroxylation sites is 1. The first-order valence-electron chi connectivity index (χ1n) is 11.8. The van der Waals surface area contributed by atoms with Gasteiger partial charge in [0.2, 0.25) is 5.91 Å². The Kier molecular flexibility index (Phi) is 5.83. The zero-order valence-corrected chi connectivity index (χ0v) is 19.4. The van der Waals surface area contributed by atoms with Gasteiger partial charge in [0.25, 0.3) is 0 Å². The Morgan fingerprint density at radius 2 is 2.06 bits per heavy atom. The van der Waals surface area contributed by atoms with Crippen molar-refractivity contribution in [3.8, 4) is 22.6 Å². The van der Waals surface area contributed by atoms with Gasteiger partial charge in [0.15, 0.2) is 5.75 Å². The van der Waals surface area contributed by atoms with Crippen LogP contribution in [0.15, 0.2) is 48.8 Å². The number of nitrogens with zero attached hydrogens (tertiary/aromatic N) is 2. The Balaban J connectivity index is 1.33. The van der Waals surface area contributed by atoms with E-state index in [0.29, 0.717) is 32.6 Å². The van der Waals surface area contributed by atoms with Gasteiger partial charge in [-0.1, -0.05) is 30.7 Å². The molecule has 1 saturated carbocycles. The van der Waals surface area contributed by atoms with Crippen molar-refractivity contribution >= 4 is 11.6 Å². The van der Waals surface area contributed by atoms with Crippen molar-refractivity contribution in [3.05, 3.63) is 59.9 Å². The number of carbonyl (C=O) groups is 1. The summed E-state index contributed by atoms with van der Waals surface area (Å²) in [5.74, 6) is 1.80. The number of H-pyrrole nitrogens is 1. The van der Waals surface area contributed by atoms with Crippen molar-refractivity contribution in [1.29, 1.82) is 0 Å². The molecule has 0 bridgehead atoms. The number of hydrogen-bond donors (Lipinski definition) is 1. The predicted octanol–water partition coefficient (Wildman–Crippen LogP) is 5.45. The highest BCUT2D eigenvalue weighted by Crippen LogP contribution is 2.49. The number of aryl methyl sites for hydroxylation is 1. The van der Waals surface area contributed by atoms with Gasteiger partial charge in [-0.15, -0.1) is 0 Å². The lowest BCUT2D eigenvalue weighted by molar-refractivity contribution is -0.119. The van der Waals surface area contributed by atoms with Crippen LogP contribution in [0.4, 0.5) is 5.69 Å². The number of rotatable bonds is 6. The molecule has 2 aliphatic rings. The summed E-state index contributed by atoms with van der Waals surface area (Å²) in [5.41, 5.74) is 5.21. The highest BCUT2D eigenvalue weighted by molar-refractivity contribution is 5.97.